The second-order valence-electron chi connectivity index (χ2n) is 4.21. The van der Waals surface area contributed by atoms with Crippen LogP contribution < -0.4 is 10.1 Å². The average Bonchev–Trinajstić information content (AvgIpc) is 2.97. The molecule has 0 atom stereocenters. The number of methoxy groups -OCH3 is 1. The van der Waals surface area contributed by atoms with E-state index in [1.807, 2.05) is 42.0 Å². The maximum absolute atomic E-state index is 5.33. The van der Waals surface area contributed by atoms with Crippen molar-refractivity contribution in [2.24, 2.45) is 0 Å². The summed E-state index contributed by atoms with van der Waals surface area (Å²) < 4.78 is 7.15. The van der Waals surface area contributed by atoms with Crippen molar-refractivity contribution in [1.82, 2.24) is 24.9 Å². The second kappa shape index (κ2) is 4.74. The van der Waals surface area contributed by atoms with Crippen LogP contribution in [-0.4, -0.2) is 33.7 Å². The summed E-state index contributed by atoms with van der Waals surface area (Å²) in [5.41, 5.74) is 1.87. The molecule has 0 aliphatic heterocycles. The molecule has 0 spiro atoms. The van der Waals surface area contributed by atoms with Crippen molar-refractivity contribution >= 4 is 5.78 Å². The first kappa shape index (κ1) is 11.7. The predicted octanol–water partition coefficient (Wildman–Crippen LogP) is 1.45. The van der Waals surface area contributed by atoms with E-state index >= 15 is 0 Å². The molecule has 6 heteroatoms. The Labute approximate surface area is 110 Å². The number of imidazole rings is 1. The minimum Gasteiger partial charge on any atom is -0.496 e. The minimum atomic E-state index is 0.658. The first-order valence-electron chi connectivity index (χ1n) is 6.04. The summed E-state index contributed by atoms with van der Waals surface area (Å²) in [4.78, 5) is 8.90. The van der Waals surface area contributed by atoms with Crippen molar-refractivity contribution in [1.29, 1.82) is 0 Å². The van der Waals surface area contributed by atoms with Gasteiger partial charge in [-0.15, -0.1) is 0 Å². The number of benzene rings is 1. The van der Waals surface area contributed by atoms with Crippen LogP contribution in [0.1, 0.15) is 5.69 Å². The summed E-state index contributed by atoms with van der Waals surface area (Å²) in [5, 5.41) is 6.26. The topological polar surface area (TPSA) is 67.2 Å². The van der Waals surface area contributed by atoms with Gasteiger partial charge >= 0.3 is 0 Å². The maximum Gasteiger partial charge on any atom is 0.251 e. The summed E-state index contributed by atoms with van der Waals surface area (Å²) in [7, 11) is 3.54. The zero-order valence-electron chi connectivity index (χ0n) is 10.8. The highest BCUT2D eigenvalue weighted by molar-refractivity contribution is 5.65. The highest BCUT2D eigenvalue weighted by atomic mass is 16.5. The van der Waals surface area contributed by atoms with Gasteiger partial charge in [0.2, 0.25) is 0 Å². The van der Waals surface area contributed by atoms with Gasteiger partial charge in [-0.25, -0.2) is 9.50 Å². The average molecular weight is 257 g/mol. The second-order valence-corrected chi connectivity index (χ2v) is 4.21. The lowest BCUT2D eigenvalue weighted by atomic mass is 10.2. The van der Waals surface area contributed by atoms with Crippen LogP contribution in [0.25, 0.3) is 17.2 Å². The maximum atomic E-state index is 5.33. The number of aromatic amines is 1. The van der Waals surface area contributed by atoms with Gasteiger partial charge < -0.3 is 10.1 Å². The number of rotatable bonds is 4. The molecule has 0 aliphatic rings. The summed E-state index contributed by atoms with van der Waals surface area (Å²) in [6.07, 6.45) is 1.93. The van der Waals surface area contributed by atoms with Gasteiger partial charge in [-0.1, -0.05) is 12.1 Å². The molecule has 3 rings (SSSR count). The molecule has 2 heterocycles. The van der Waals surface area contributed by atoms with Crippen LogP contribution in [0.15, 0.2) is 30.5 Å². The molecular formula is C13H15N5O. The van der Waals surface area contributed by atoms with Gasteiger partial charge in [0, 0.05) is 6.54 Å². The van der Waals surface area contributed by atoms with Crippen LogP contribution >= 0.6 is 0 Å². The lowest BCUT2D eigenvalue weighted by Crippen LogP contribution is -2.05. The Morgan fingerprint density at radius 2 is 2.16 bits per heavy atom. The lowest BCUT2D eigenvalue weighted by Gasteiger charge is -2.04. The summed E-state index contributed by atoms with van der Waals surface area (Å²) in [5.74, 6) is 2.19. The Morgan fingerprint density at radius 3 is 2.89 bits per heavy atom. The zero-order chi connectivity index (χ0) is 13.2. The molecule has 0 amide bonds. The van der Waals surface area contributed by atoms with Crippen molar-refractivity contribution in [3.8, 4) is 17.1 Å². The van der Waals surface area contributed by atoms with E-state index in [1.165, 1.54) is 0 Å². The van der Waals surface area contributed by atoms with Gasteiger partial charge in [0.15, 0.2) is 5.82 Å². The number of H-pyrrole nitrogens is 1. The Bertz CT molecular complexity index is 668. The van der Waals surface area contributed by atoms with E-state index in [2.05, 4.69) is 20.4 Å². The molecule has 19 heavy (non-hydrogen) atoms. The normalized spacial score (nSPS) is 11.1. The molecular weight excluding hydrogens is 242 g/mol. The Kier molecular flexibility index (Phi) is 2.92. The molecule has 0 unspecified atom stereocenters. The Balaban J connectivity index is 2.03. The van der Waals surface area contributed by atoms with E-state index < -0.39 is 0 Å². The number of para-hydroxylation sites is 1. The van der Waals surface area contributed by atoms with E-state index in [0.29, 0.717) is 5.78 Å². The minimum absolute atomic E-state index is 0.658. The fourth-order valence-corrected chi connectivity index (χ4v) is 2.05. The van der Waals surface area contributed by atoms with E-state index in [9.17, 15) is 0 Å². The molecule has 0 saturated carbocycles. The smallest absolute Gasteiger partial charge is 0.251 e. The van der Waals surface area contributed by atoms with Gasteiger partial charge in [-0.2, -0.15) is 4.98 Å². The first-order valence-corrected chi connectivity index (χ1v) is 6.04. The van der Waals surface area contributed by atoms with Crippen molar-refractivity contribution in [2.75, 3.05) is 14.2 Å². The predicted molar refractivity (Wildman–Crippen MR) is 72.1 cm³/mol. The van der Waals surface area contributed by atoms with Gasteiger partial charge in [0.25, 0.3) is 5.78 Å². The third-order valence-corrected chi connectivity index (χ3v) is 2.90. The molecule has 98 valence electrons. The molecule has 3 aromatic rings. The monoisotopic (exact) mass is 257 g/mol. The largest absolute Gasteiger partial charge is 0.496 e. The number of nitrogens with one attached hydrogen (secondary N) is 2. The molecule has 2 N–H and O–H groups in total. The van der Waals surface area contributed by atoms with E-state index in [-0.39, 0.29) is 0 Å². The molecule has 1 aromatic carbocycles. The van der Waals surface area contributed by atoms with Crippen molar-refractivity contribution in [3.63, 3.8) is 0 Å². The summed E-state index contributed by atoms with van der Waals surface area (Å²) >= 11 is 0. The van der Waals surface area contributed by atoms with Crippen molar-refractivity contribution < 1.29 is 4.74 Å². The van der Waals surface area contributed by atoms with Crippen LogP contribution in [0.5, 0.6) is 5.75 Å². The summed E-state index contributed by atoms with van der Waals surface area (Å²) in [6.45, 7) is 0.723. The van der Waals surface area contributed by atoms with E-state index in [4.69, 9.17) is 4.74 Å². The van der Waals surface area contributed by atoms with Crippen molar-refractivity contribution in [3.05, 3.63) is 36.2 Å². The SMILES string of the molecule is CNCc1cn2[nH]c(-c3ccccc3OC)nc2n1. The quantitative estimate of drug-likeness (QED) is 0.742. The van der Waals surface area contributed by atoms with Crippen LogP contribution in [0.2, 0.25) is 0 Å². The Hall–Kier alpha value is -2.34. The fourth-order valence-electron chi connectivity index (χ4n) is 2.05. The standard InChI is InChI=1S/C13H15N5O/c1-14-7-9-8-18-13(15-9)16-12(17-18)10-5-3-4-6-11(10)19-2/h3-6,8,14H,7H2,1-2H3,(H,15,16,17). The van der Waals surface area contributed by atoms with Gasteiger partial charge in [0.05, 0.1) is 24.6 Å². The first-order chi connectivity index (χ1) is 9.31. The van der Waals surface area contributed by atoms with Gasteiger partial charge in [-0.3, -0.25) is 5.10 Å². The molecule has 6 nitrogen and oxygen atoms in total. The van der Waals surface area contributed by atoms with Crippen LogP contribution in [0.4, 0.5) is 0 Å². The highest BCUT2D eigenvalue weighted by Gasteiger charge is 2.11. The third-order valence-electron chi connectivity index (χ3n) is 2.90. The molecule has 0 saturated heterocycles. The van der Waals surface area contributed by atoms with E-state index in [1.54, 1.807) is 7.11 Å². The highest BCUT2D eigenvalue weighted by Crippen LogP contribution is 2.27. The van der Waals surface area contributed by atoms with Gasteiger partial charge in [-0.05, 0) is 19.2 Å². The number of nitrogens with zero attached hydrogens (tertiary/aromatic N) is 3. The van der Waals surface area contributed by atoms with Crippen LogP contribution in [-0.2, 0) is 6.54 Å². The summed E-state index contributed by atoms with van der Waals surface area (Å²) in [6, 6.07) is 7.76. The van der Waals surface area contributed by atoms with Crippen LogP contribution in [0, 0.1) is 0 Å². The molecule has 0 aliphatic carbocycles. The number of hydrogen-bond acceptors (Lipinski definition) is 4. The van der Waals surface area contributed by atoms with Crippen LogP contribution in [0.3, 0.4) is 0 Å². The molecule has 0 bridgehead atoms. The van der Waals surface area contributed by atoms with E-state index in [0.717, 1.165) is 29.4 Å². The van der Waals surface area contributed by atoms with Gasteiger partial charge in [0.1, 0.15) is 5.75 Å². The van der Waals surface area contributed by atoms with Crippen molar-refractivity contribution in [2.45, 2.75) is 6.54 Å². The number of fused-ring (bicyclic) bond motifs is 1. The number of hydrogen-bond donors (Lipinski definition) is 2. The number of aromatic nitrogens is 4. The molecule has 0 fully saturated rings. The fraction of sp³-hybridized carbons (Fsp3) is 0.231. The zero-order valence-corrected chi connectivity index (χ0v) is 10.8. The lowest BCUT2D eigenvalue weighted by molar-refractivity contribution is 0.416. The number of ether oxygens (including phenoxy) is 1. The molecule has 0 radical (unpaired) electrons. The molecule has 2 aromatic heterocycles. The Morgan fingerprint density at radius 1 is 1.32 bits per heavy atom. The third kappa shape index (κ3) is 2.06.